The Labute approximate surface area is 64.8 Å². The minimum Gasteiger partial charge on any atom is -0.480 e. The van der Waals surface area contributed by atoms with Crippen molar-refractivity contribution in [1.29, 1.82) is 0 Å². The van der Waals surface area contributed by atoms with Gasteiger partial charge in [0.1, 0.15) is 0 Å². The van der Waals surface area contributed by atoms with Crippen molar-refractivity contribution in [2.24, 2.45) is 0 Å². The van der Waals surface area contributed by atoms with Crippen LogP contribution in [-0.4, -0.2) is 31.3 Å². The summed E-state index contributed by atoms with van der Waals surface area (Å²) in [5.74, 6) is -1.98. The molecule has 0 amide bonds. The Morgan fingerprint density at radius 3 is 2.75 bits per heavy atom. The number of hydrogen-bond acceptors (Lipinski definition) is 4. The number of hydrogen-bond donors (Lipinski definition) is 1. The molecule has 0 aliphatic rings. The van der Waals surface area contributed by atoms with Crippen LogP contribution in [0.4, 0.5) is 8.78 Å². The average molecular weight is 178 g/mol. The molecule has 1 N–H and O–H groups in total. The lowest BCUT2D eigenvalue weighted by atomic mass is 10.7. The zero-order valence-corrected chi connectivity index (χ0v) is 5.68. The van der Waals surface area contributed by atoms with E-state index in [-0.39, 0.29) is 0 Å². The third kappa shape index (κ3) is 1.94. The van der Waals surface area contributed by atoms with Gasteiger partial charge in [-0.2, -0.15) is 4.80 Å². The third-order valence-corrected chi connectivity index (χ3v) is 0.940. The van der Waals surface area contributed by atoms with E-state index in [9.17, 15) is 13.6 Å². The summed E-state index contributed by atoms with van der Waals surface area (Å²) >= 11 is 0. The second-order valence-corrected chi connectivity index (χ2v) is 1.87. The maximum atomic E-state index is 11.8. The van der Waals surface area contributed by atoms with Crippen molar-refractivity contribution < 1.29 is 18.7 Å². The molecule has 1 heterocycles. The maximum Gasteiger partial charge on any atom is 0.327 e. The first kappa shape index (κ1) is 8.50. The first-order valence-electron chi connectivity index (χ1n) is 2.87. The van der Waals surface area contributed by atoms with Crippen molar-refractivity contribution in [2.75, 3.05) is 0 Å². The zero-order valence-electron chi connectivity index (χ0n) is 5.68. The van der Waals surface area contributed by atoms with E-state index < -0.39 is 24.8 Å². The Hall–Kier alpha value is -1.60. The molecule has 0 radical (unpaired) electrons. The van der Waals surface area contributed by atoms with Gasteiger partial charge in [0.25, 0.3) is 0 Å². The van der Waals surface area contributed by atoms with Crippen LogP contribution in [-0.2, 0) is 11.3 Å². The average Bonchev–Trinajstić information content (AvgIpc) is 2.34. The summed E-state index contributed by atoms with van der Waals surface area (Å²) in [6.45, 7) is -0.570. The summed E-state index contributed by atoms with van der Waals surface area (Å²) in [4.78, 5) is 10.6. The summed E-state index contributed by atoms with van der Waals surface area (Å²) in [6.07, 6.45) is -2.83. The summed E-state index contributed by atoms with van der Waals surface area (Å²) in [5.41, 5.74) is 0. The fourth-order valence-electron chi connectivity index (χ4n) is 0.531. The van der Waals surface area contributed by atoms with Crippen LogP contribution in [0.1, 0.15) is 12.2 Å². The van der Waals surface area contributed by atoms with Gasteiger partial charge in [-0.15, -0.1) is 10.2 Å². The van der Waals surface area contributed by atoms with Gasteiger partial charge in [0, 0.05) is 0 Å². The van der Waals surface area contributed by atoms with Gasteiger partial charge >= 0.3 is 12.4 Å². The standard InChI is InChI=1S/C4H4F2N4O2/c5-3(6)4-7-9-10(8-4)1-2(11)12/h3H,1H2,(H,11,12). The zero-order chi connectivity index (χ0) is 9.14. The smallest absolute Gasteiger partial charge is 0.327 e. The van der Waals surface area contributed by atoms with Crippen molar-refractivity contribution >= 4 is 5.97 Å². The number of halogens is 2. The molecule has 1 rings (SSSR count). The van der Waals surface area contributed by atoms with Crippen LogP contribution in [0.5, 0.6) is 0 Å². The molecule has 66 valence electrons. The van der Waals surface area contributed by atoms with Crippen LogP contribution in [0.2, 0.25) is 0 Å². The van der Waals surface area contributed by atoms with E-state index in [0.717, 1.165) is 0 Å². The number of carboxylic acids is 1. The summed E-state index contributed by atoms with van der Waals surface area (Å²) < 4.78 is 23.6. The SMILES string of the molecule is O=C(O)Cn1nnc(C(F)F)n1. The van der Waals surface area contributed by atoms with Crippen molar-refractivity contribution in [3.8, 4) is 0 Å². The molecular weight excluding hydrogens is 174 g/mol. The number of carboxylic acid groups (broad SMARTS) is 1. The molecule has 0 saturated carbocycles. The molecule has 1 aromatic rings. The first-order chi connectivity index (χ1) is 5.59. The van der Waals surface area contributed by atoms with Crippen LogP contribution in [0.25, 0.3) is 0 Å². The van der Waals surface area contributed by atoms with E-state index in [0.29, 0.717) is 4.80 Å². The Kier molecular flexibility index (Phi) is 2.26. The van der Waals surface area contributed by atoms with Gasteiger partial charge < -0.3 is 5.11 Å². The number of tetrazole rings is 1. The van der Waals surface area contributed by atoms with Gasteiger partial charge in [0.05, 0.1) is 0 Å². The van der Waals surface area contributed by atoms with Crippen molar-refractivity contribution in [2.45, 2.75) is 13.0 Å². The molecular formula is C4H4F2N4O2. The van der Waals surface area contributed by atoms with E-state index in [2.05, 4.69) is 15.4 Å². The third-order valence-electron chi connectivity index (χ3n) is 0.940. The van der Waals surface area contributed by atoms with Gasteiger partial charge in [-0.25, -0.2) is 8.78 Å². The number of carbonyl (C=O) groups is 1. The van der Waals surface area contributed by atoms with E-state index in [1.54, 1.807) is 0 Å². The van der Waals surface area contributed by atoms with Gasteiger partial charge in [-0.05, 0) is 5.21 Å². The Morgan fingerprint density at radius 1 is 1.67 bits per heavy atom. The highest BCUT2D eigenvalue weighted by Gasteiger charge is 2.14. The molecule has 0 aliphatic carbocycles. The van der Waals surface area contributed by atoms with Gasteiger partial charge in [-0.1, -0.05) is 0 Å². The molecule has 0 bridgehead atoms. The molecule has 8 heteroatoms. The van der Waals surface area contributed by atoms with Crippen LogP contribution in [0.3, 0.4) is 0 Å². The fraction of sp³-hybridized carbons (Fsp3) is 0.500. The van der Waals surface area contributed by atoms with Crippen LogP contribution < -0.4 is 0 Å². The molecule has 0 aliphatic heterocycles. The Bertz CT molecular complexity index is 286. The fourth-order valence-corrected chi connectivity index (χ4v) is 0.531. The lowest BCUT2D eigenvalue weighted by Crippen LogP contribution is -2.11. The molecule has 0 fully saturated rings. The number of alkyl halides is 2. The first-order valence-corrected chi connectivity index (χ1v) is 2.87. The highest BCUT2D eigenvalue weighted by atomic mass is 19.3. The van der Waals surface area contributed by atoms with Crippen molar-refractivity contribution in [3.05, 3.63) is 5.82 Å². The highest BCUT2D eigenvalue weighted by Crippen LogP contribution is 2.11. The van der Waals surface area contributed by atoms with E-state index in [4.69, 9.17) is 5.11 Å². The van der Waals surface area contributed by atoms with E-state index in [1.165, 1.54) is 0 Å². The van der Waals surface area contributed by atoms with Crippen LogP contribution in [0, 0.1) is 0 Å². The predicted octanol–water partition coefficient (Wildman–Crippen LogP) is -0.305. The number of nitrogens with zero attached hydrogens (tertiary/aromatic N) is 4. The van der Waals surface area contributed by atoms with Crippen molar-refractivity contribution in [3.63, 3.8) is 0 Å². The molecule has 0 spiro atoms. The molecule has 0 unspecified atom stereocenters. The molecule has 1 aromatic heterocycles. The monoisotopic (exact) mass is 178 g/mol. The van der Waals surface area contributed by atoms with Gasteiger partial charge in [0.2, 0.25) is 5.82 Å². The topological polar surface area (TPSA) is 80.9 Å². The molecule has 0 aromatic carbocycles. The quantitative estimate of drug-likeness (QED) is 0.686. The lowest BCUT2D eigenvalue weighted by Gasteiger charge is -1.89. The second-order valence-electron chi connectivity index (χ2n) is 1.87. The molecule has 0 saturated heterocycles. The number of aliphatic carboxylic acids is 1. The minimum atomic E-state index is -2.83. The molecule has 12 heavy (non-hydrogen) atoms. The largest absolute Gasteiger partial charge is 0.480 e. The summed E-state index contributed by atoms with van der Waals surface area (Å²) in [7, 11) is 0. The molecule has 0 atom stereocenters. The molecule has 6 nitrogen and oxygen atoms in total. The van der Waals surface area contributed by atoms with Gasteiger partial charge in [-0.3, -0.25) is 4.79 Å². The minimum absolute atomic E-state index is 0.570. The lowest BCUT2D eigenvalue weighted by molar-refractivity contribution is -0.138. The van der Waals surface area contributed by atoms with E-state index in [1.807, 2.05) is 0 Å². The number of aromatic nitrogens is 4. The normalized spacial score (nSPS) is 10.6. The maximum absolute atomic E-state index is 11.8. The second kappa shape index (κ2) is 3.20. The van der Waals surface area contributed by atoms with Crippen LogP contribution in [0.15, 0.2) is 0 Å². The highest BCUT2D eigenvalue weighted by molar-refractivity contribution is 5.66. The number of rotatable bonds is 3. The van der Waals surface area contributed by atoms with E-state index >= 15 is 0 Å². The Balaban J connectivity index is 2.70. The van der Waals surface area contributed by atoms with Gasteiger partial charge in [0.15, 0.2) is 6.54 Å². The van der Waals surface area contributed by atoms with Crippen molar-refractivity contribution in [1.82, 2.24) is 20.2 Å². The summed E-state index contributed by atoms with van der Waals surface area (Å²) in [5, 5.41) is 17.3. The summed E-state index contributed by atoms with van der Waals surface area (Å²) in [6, 6.07) is 0. The Morgan fingerprint density at radius 2 is 2.33 bits per heavy atom. The predicted molar refractivity (Wildman–Crippen MR) is 30.4 cm³/mol. The van der Waals surface area contributed by atoms with Crippen LogP contribution >= 0.6 is 0 Å².